The quantitative estimate of drug-likeness (QED) is 0.573. The normalized spacial score (nSPS) is 27.9. The van der Waals surface area contributed by atoms with Crippen molar-refractivity contribution in [3.05, 3.63) is 35.4 Å². The van der Waals surface area contributed by atoms with E-state index in [-0.39, 0.29) is 41.7 Å². The molecule has 1 aliphatic carbocycles. The van der Waals surface area contributed by atoms with Crippen molar-refractivity contribution in [1.82, 2.24) is 4.90 Å². The standard InChI is InChI=1S/C21H35NO2.Li/c1-8-15(2)18-14-16(24-7)10-11-17(18)19(23)22-20(3,4)12-9-13-21(22,5)6;/h10-11,14-15,18,23H,8-9,12-13H2,1-7H3;/q;+1/p-1/b19-17-;. The van der Waals surface area contributed by atoms with Crippen molar-refractivity contribution in [3.63, 3.8) is 0 Å². The number of ether oxygens (including phenoxy) is 1. The van der Waals surface area contributed by atoms with E-state index in [0.29, 0.717) is 5.92 Å². The van der Waals surface area contributed by atoms with Crippen LogP contribution in [0.1, 0.15) is 67.2 Å². The van der Waals surface area contributed by atoms with Crippen LogP contribution in [-0.4, -0.2) is 23.1 Å². The first kappa shape index (κ1) is 22.3. The molecule has 136 valence electrons. The van der Waals surface area contributed by atoms with E-state index in [2.05, 4.69) is 52.5 Å². The topological polar surface area (TPSA) is 35.5 Å². The summed E-state index contributed by atoms with van der Waals surface area (Å²) in [5.41, 5.74) is 0.698. The van der Waals surface area contributed by atoms with Crippen LogP contribution in [0.5, 0.6) is 0 Å². The molecular formula is C21H34LiNO2. The third-order valence-corrected chi connectivity index (χ3v) is 5.86. The molecule has 2 atom stereocenters. The van der Waals surface area contributed by atoms with Crippen LogP contribution in [-0.2, 0) is 4.74 Å². The molecule has 25 heavy (non-hydrogen) atoms. The van der Waals surface area contributed by atoms with Gasteiger partial charge in [-0.3, -0.25) is 0 Å². The smallest absolute Gasteiger partial charge is 0.860 e. The van der Waals surface area contributed by atoms with Gasteiger partial charge in [-0.05, 0) is 76.5 Å². The number of piperidine rings is 1. The maximum Gasteiger partial charge on any atom is 1.00 e. The molecule has 3 nitrogen and oxygen atoms in total. The molecule has 1 fully saturated rings. The second kappa shape index (κ2) is 8.27. The van der Waals surface area contributed by atoms with E-state index in [1.165, 1.54) is 6.42 Å². The van der Waals surface area contributed by atoms with Crippen LogP contribution in [0.3, 0.4) is 0 Å². The summed E-state index contributed by atoms with van der Waals surface area (Å²) in [4.78, 5) is 2.14. The first-order valence-electron chi connectivity index (χ1n) is 9.29. The zero-order valence-corrected chi connectivity index (χ0v) is 17.5. The Kier molecular flexibility index (Phi) is 7.37. The Morgan fingerprint density at radius 1 is 1.24 bits per heavy atom. The van der Waals surface area contributed by atoms with Crippen molar-refractivity contribution >= 4 is 0 Å². The number of methoxy groups -OCH3 is 1. The molecule has 0 aromatic carbocycles. The average Bonchev–Trinajstić information content (AvgIpc) is 2.51. The molecule has 2 aliphatic rings. The van der Waals surface area contributed by atoms with Gasteiger partial charge in [0.25, 0.3) is 0 Å². The third kappa shape index (κ3) is 4.50. The summed E-state index contributed by atoms with van der Waals surface area (Å²) in [5.74, 6) is 1.58. The minimum atomic E-state index is -0.106. The summed E-state index contributed by atoms with van der Waals surface area (Å²) in [6.45, 7) is 13.2. The van der Waals surface area contributed by atoms with E-state index < -0.39 is 0 Å². The Bertz CT molecular complexity index is 544. The molecular weight excluding hydrogens is 305 g/mol. The number of rotatable bonds is 4. The van der Waals surface area contributed by atoms with Gasteiger partial charge in [0.2, 0.25) is 0 Å². The fraction of sp³-hybridized carbons (Fsp3) is 0.714. The molecule has 0 N–H and O–H groups in total. The van der Waals surface area contributed by atoms with Crippen molar-refractivity contribution in [2.75, 3.05) is 7.11 Å². The van der Waals surface area contributed by atoms with Gasteiger partial charge in [0.1, 0.15) is 5.76 Å². The number of hydrogen-bond donors (Lipinski definition) is 0. The Balaban J connectivity index is 0.00000312. The molecule has 1 heterocycles. The molecule has 0 saturated carbocycles. The van der Waals surface area contributed by atoms with Crippen LogP contribution in [0.4, 0.5) is 0 Å². The van der Waals surface area contributed by atoms with Crippen molar-refractivity contribution < 1.29 is 28.7 Å². The largest absolute Gasteiger partial charge is 1.00 e. The van der Waals surface area contributed by atoms with E-state index in [9.17, 15) is 5.11 Å². The summed E-state index contributed by atoms with van der Waals surface area (Å²) >= 11 is 0. The van der Waals surface area contributed by atoms with Gasteiger partial charge in [0.15, 0.2) is 0 Å². The summed E-state index contributed by atoms with van der Waals surface area (Å²) < 4.78 is 5.41. The molecule has 2 rings (SSSR count). The molecule has 0 aromatic heterocycles. The van der Waals surface area contributed by atoms with Crippen LogP contribution >= 0.6 is 0 Å². The molecule has 0 spiro atoms. The van der Waals surface area contributed by atoms with Gasteiger partial charge >= 0.3 is 18.9 Å². The minimum Gasteiger partial charge on any atom is -0.860 e. The fourth-order valence-corrected chi connectivity index (χ4v) is 4.36. The van der Waals surface area contributed by atoms with E-state index in [1.54, 1.807) is 7.11 Å². The number of likely N-dealkylation sites (tertiary alicyclic amines) is 1. The van der Waals surface area contributed by atoms with E-state index in [0.717, 1.165) is 30.6 Å². The average molecular weight is 339 g/mol. The van der Waals surface area contributed by atoms with Crippen LogP contribution in [0.25, 0.3) is 0 Å². The number of allylic oxidation sites excluding steroid dienone is 4. The maximum absolute atomic E-state index is 13.6. The molecule has 0 amide bonds. The van der Waals surface area contributed by atoms with Gasteiger partial charge < -0.3 is 14.7 Å². The molecule has 1 saturated heterocycles. The monoisotopic (exact) mass is 339 g/mol. The van der Waals surface area contributed by atoms with Crippen molar-refractivity contribution in [1.29, 1.82) is 0 Å². The van der Waals surface area contributed by atoms with Gasteiger partial charge in [-0.15, -0.1) is 0 Å². The Hall–Kier alpha value is -0.783. The zero-order chi connectivity index (χ0) is 18.1. The number of hydrogen-bond acceptors (Lipinski definition) is 3. The van der Waals surface area contributed by atoms with E-state index in [1.807, 2.05) is 12.2 Å². The fourth-order valence-electron chi connectivity index (χ4n) is 4.36. The van der Waals surface area contributed by atoms with E-state index in [4.69, 9.17) is 4.74 Å². The van der Waals surface area contributed by atoms with E-state index >= 15 is 0 Å². The van der Waals surface area contributed by atoms with Crippen molar-refractivity contribution in [2.45, 2.75) is 78.3 Å². The van der Waals surface area contributed by atoms with Gasteiger partial charge in [0, 0.05) is 17.0 Å². The van der Waals surface area contributed by atoms with Crippen LogP contribution in [0.2, 0.25) is 0 Å². The molecule has 1 aliphatic heterocycles. The Morgan fingerprint density at radius 2 is 1.80 bits per heavy atom. The third-order valence-electron chi connectivity index (χ3n) is 5.86. The van der Waals surface area contributed by atoms with Gasteiger partial charge in [-0.25, -0.2) is 0 Å². The molecule has 4 heteroatoms. The van der Waals surface area contributed by atoms with Gasteiger partial charge in [-0.1, -0.05) is 26.3 Å². The first-order chi connectivity index (χ1) is 11.1. The SMILES string of the molecule is CCC(C)C1C=C(OC)C=C/C1=C(/[O-])N1C(C)(C)CCCC1(C)C.[Li+]. The zero-order valence-electron chi connectivity index (χ0n) is 17.5. The first-order valence-corrected chi connectivity index (χ1v) is 9.29. The van der Waals surface area contributed by atoms with Crippen LogP contribution < -0.4 is 24.0 Å². The van der Waals surface area contributed by atoms with Crippen molar-refractivity contribution in [2.24, 2.45) is 11.8 Å². The van der Waals surface area contributed by atoms with Crippen molar-refractivity contribution in [3.8, 4) is 0 Å². The van der Waals surface area contributed by atoms with Crippen LogP contribution in [0.15, 0.2) is 35.4 Å². The molecule has 2 unspecified atom stereocenters. The molecule has 0 bridgehead atoms. The predicted octanol–water partition coefficient (Wildman–Crippen LogP) is 1.37. The minimum absolute atomic E-state index is 0. The number of nitrogens with zero attached hydrogens (tertiary/aromatic N) is 1. The van der Waals surface area contributed by atoms with Crippen LogP contribution in [0, 0.1) is 11.8 Å². The van der Waals surface area contributed by atoms with Gasteiger partial charge in [-0.2, -0.15) is 0 Å². The molecule has 0 radical (unpaired) electrons. The maximum atomic E-state index is 13.6. The summed E-state index contributed by atoms with van der Waals surface area (Å²) in [6.07, 6.45) is 10.4. The van der Waals surface area contributed by atoms with Gasteiger partial charge in [0.05, 0.1) is 7.11 Å². The Morgan fingerprint density at radius 3 is 2.28 bits per heavy atom. The Labute approximate surface area is 166 Å². The second-order valence-electron chi connectivity index (χ2n) is 8.59. The summed E-state index contributed by atoms with van der Waals surface area (Å²) in [6, 6.07) is 0. The predicted molar refractivity (Wildman–Crippen MR) is 98.1 cm³/mol. The molecule has 0 aromatic rings. The summed E-state index contributed by atoms with van der Waals surface area (Å²) in [7, 11) is 1.69. The summed E-state index contributed by atoms with van der Waals surface area (Å²) in [5, 5.41) is 13.6. The second-order valence-corrected chi connectivity index (χ2v) is 8.59.